The molecule has 2 fully saturated rings. The van der Waals surface area contributed by atoms with Gasteiger partial charge >= 0.3 is 0 Å². The van der Waals surface area contributed by atoms with Gasteiger partial charge < -0.3 is 15.5 Å². The highest BCUT2D eigenvalue weighted by Gasteiger charge is 2.38. The van der Waals surface area contributed by atoms with Crippen LogP contribution in [0.3, 0.4) is 0 Å². The summed E-state index contributed by atoms with van der Waals surface area (Å²) >= 11 is 0. The number of carbonyl (C=O) groups is 3. The van der Waals surface area contributed by atoms with Crippen LogP contribution in [0.1, 0.15) is 26.2 Å². The van der Waals surface area contributed by atoms with Gasteiger partial charge in [0.1, 0.15) is 0 Å². The van der Waals surface area contributed by atoms with Crippen molar-refractivity contribution in [3.8, 4) is 0 Å². The number of rotatable bonds is 2. The fourth-order valence-electron chi connectivity index (χ4n) is 2.77. The molecular formula is C12H19N3O3. The molecule has 18 heavy (non-hydrogen) atoms. The van der Waals surface area contributed by atoms with E-state index in [9.17, 15) is 14.4 Å². The Balaban J connectivity index is 1.92. The van der Waals surface area contributed by atoms with Crippen molar-refractivity contribution in [1.82, 2.24) is 9.80 Å². The molecule has 2 heterocycles. The molecule has 3 amide bonds. The van der Waals surface area contributed by atoms with Crippen LogP contribution in [0.2, 0.25) is 0 Å². The summed E-state index contributed by atoms with van der Waals surface area (Å²) in [5.74, 6) is -0.647. The summed E-state index contributed by atoms with van der Waals surface area (Å²) in [7, 11) is 0. The summed E-state index contributed by atoms with van der Waals surface area (Å²) in [6.07, 6.45) is 1.82. The molecular weight excluding hydrogens is 234 g/mol. The highest BCUT2D eigenvalue weighted by atomic mass is 16.2. The molecule has 0 radical (unpaired) electrons. The summed E-state index contributed by atoms with van der Waals surface area (Å²) in [5, 5.41) is 0. The zero-order valence-corrected chi connectivity index (χ0v) is 10.6. The third-order valence-corrected chi connectivity index (χ3v) is 3.91. The number of hydrogen-bond donors (Lipinski definition) is 1. The number of nitrogens with zero attached hydrogens (tertiary/aromatic N) is 2. The van der Waals surface area contributed by atoms with Crippen LogP contribution in [-0.4, -0.2) is 53.2 Å². The van der Waals surface area contributed by atoms with Crippen LogP contribution in [0, 0.1) is 5.92 Å². The van der Waals surface area contributed by atoms with E-state index < -0.39 is 5.91 Å². The highest BCUT2D eigenvalue weighted by molar-refractivity contribution is 5.88. The topological polar surface area (TPSA) is 83.7 Å². The molecule has 6 heteroatoms. The van der Waals surface area contributed by atoms with Crippen molar-refractivity contribution in [2.45, 2.75) is 32.2 Å². The second kappa shape index (κ2) is 4.96. The normalized spacial score (nSPS) is 25.6. The third-order valence-electron chi connectivity index (χ3n) is 3.91. The number of likely N-dealkylation sites (tertiary alicyclic amines) is 2. The van der Waals surface area contributed by atoms with Gasteiger partial charge in [0.2, 0.25) is 17.7 Å². The fourth-order valence-corrected chi connectivity index (χ4v) is 2.77. The van der Waals surface area contributed by atoms with Crippen molar-refractivity contribution in [2.24, 2.45) is 11.7 Å². The number of carbonyl (C=O) groups excluding carboxylic acids is 3. The van der Waals surface area contributed by atoms with E-state index in [4.69, 9.17) is 5.73 Å². The first-order valence-electron chi connectivity index (χ1n) is 6.33. The molecule has 2 rings (SSSR count). The Labute approximate surface area is 106 Å². The number of primary amides is 1. The lowest BCUT2D eigenvalue weighted by atomic mass is 10.0. The van der Waals surface area contributed by atoms with E-state index in [1.54, 1.807) is 16.7 Å². The minimum absolute atomic E-state index is 0.0140. The first-order chi connectivity index (χ1) is 8.49. The second-order valence-electron chi connectivity index (χ2n) is 5.09. The Kier molecular flexibility index (Phi) is 3.54. The number of nitrogens with two attached hydrogens (primary N) is 1. The molecule has 0 saturated carbocycles. The number of hydrogen-bond acceptors (Lipinski definition) is 3. The van der Waals surface area contributed by atoms with Gasteiger partial charge in [0.05, 0.1) is 5.92 Å². The molecule has 0 aromatic carbocycles. The average Bonchev–Trinajstić information content (AvgIpc) is 2.71. The van der Waals surface area contributed by atoms with Crippen molar-refractivity contribution in [1.29, 1.82) is 0 Å². The number of piperidine rings is 1. The van der Waals surface area contributed by atoms with Crippen molar-refractivity contribution < 1.29 is 14.4 Å². The molecule has 0 aliphatic carbocycles. The van der Waals surface area contributed by atoms with Gasteiger partial charge in [-0.1, -0.05) is 0 Å². The van der Waals surface area contributed by atoms with E-state index in [0.717, 1.165) is 12.8 Å². The largest absolute Gasteiger partial charge is 0.369 e. The molecule has 2 aliphatic heterocycles. The molecule has 6 nitrogen and oxygen atoms in total. The third kappa shape index (κ3) is 2.47. The molecule has 0 aromatic rings. The summed E-state index contributed by atoms with van der Waals surface area (Å²) < 4.78 is 0. The van der Waals surface area contributed by atoms with Crippen LogP contribution in [0.25, 0.3) is 0 Å². The van der Waals surface area contributed by atoms with Gasteiger partial charge in [-0.15, -0.1) is 0 Å². The maximum Gasteiger partial charge on any atom is 0.223 e. The molecule has 0 spiro atoms. The molecule has 1 atom stereocenters. The minimum atomic E-state index is -0.396. The van der Waals surface area contributed by atoms with E-state index in [1.165, 1.54) is 0 Å². The quantitative estimate of drug-likeness (QED) is 0.708. The van der Waals surface area contributed by atoms with Gasteiger partial charge in [-0.25, -0.2) is 0 Å². The summed E-state index contributed by atoms with van der Waals surface area (Å²) in [6, 6.07) is 0.150. The van der Waals surface area contributed by atoms with Gasteiger partial charge in [0.15, 0.2) is 0 Å². The maximum atomic E-state index is 11.8. The van der Waals surface area contributed by atoms with Crippen LogP contribution < -0.4 is 5.73 Å². The second-order valence-corrected chi connectivity index (χ2v) is 5.09. The summed E-state index contributed by atoms with van der Waals surface area (Å²) in [6.45, 7) is 3.37. The molecule has 2 aliphatic rings. The fraction of sp³-hybridized carbons (Fsp3) is 0.750. The van der Waals surface area contributed by atoms with E-state index in [2.05, 4.69) is 0 Å². The molecule has 2 N–H and O–H groups in total. The Morgan fingerprint density at radius 1 is 1.28 bits per heavy atom. The van der Waals surface area contributed by atoms with Crippen LogP contribution in [0.5, 0.6) is 0 Å². The van der Waals surface area contributed by atoms with Gasteiger partial charge in [-0.05, 0) is 12.8 Å². The lowest BCUT2D eigenvalue weighted by molar-refractivity contribution is -0.133. The van der Waals surface area contributed by atoms with Crippen molar-refractivity contribution >= 4 is 17.7 Å². The van der Waals surface area contributed by atoms with E-state index in [1.807, 2.05) is 0 Å². The first-order valence-corrected chi connectivity index (χ1v) is 6.33. The van der Waals surface area contributed by atoms with Gasteiger partial charge in [0.25, 0.3) is 0 Å². The van der Waals surface area contributed by atoms with Crippen LogP contribution in [0.4, 0.5) is 0 Å². The average molecular weight is 253 g/mol. The predicted octanol–water partition coefficient (Wildman–Crippen LogP) is -0.669. The van der Waals surface area contributed by atoms with Gasteiger partial charge in [0, 0.05) is 39.0 Å². The molecule has 0 bridgehead atoms. The van der Waals surface area contributed by atoms with Crippen LogP contribution in [-0.2, 0) is 14.4 Å². The Hall–Kier alpha value is -1.59. The zero-order valence-electron chi connectivity index (χ0n) is 10.6. The monoisotopic (exact) mass is 253 g/mol. The maximum absolute atomic E-state index is 11.8. The lowest BCUT2D eigenvalue weighted by Gasteiger charge is -2.36. The Bertz CT molecular complexity index is 375. The van der Waals surface area contributed by atoms with Gasteiger partial charge in [-0.3, -0.25) is 14.4 Å². The van der Waals surface area contributed by atoms with E-state index in [0.29, 0.717) is 19.6 Å². The first kappa shape index (κ1) is 12.9. The predicted molar refractivity (Wildman–Crippen MR) is 64.3 cm³/mol. The molecule has 100 valence electrons. The van der Waals surface area contributed by atoms with Crippen molar-refractivity contribution in [3.05, 3.63) is 0 Å². The Morgan fingerprint density at radius 2 is 1.89 bits per heavy atom. The minimum Gasteiger partial charge on any atom is -0.369 e. The van der Waals surface area contributed by atoms with Crippen LogP contribution >= 0.6 is 0 Å². The van der Waals surface area contributed by atoms with Crippen molar-refractivity contribution in [2.75, 3.05) is 19.6 Å². The number of amides is 3. The van der Waals surface area contributed by atoms with E-state index >= 15 is 0 Å². The smallest absolute Gasteiger partial charge is 0.223 e. The Morgan fingerprint density at radius 3 is 2.33 bits per heavy atom. The molecule has 0 aromatic heterocycles. The van der Waals surface area contributed by atoms with Gasteiger partial charge in [-0.2, -0.15) is 0 Å². The van der Waals surface area contributed by atoms with E-state index in [-0.39, 0.29) is 30.2 Å². The van der Waals surface area contributed by atoms with Crippen molar-refractivity contribution in [3.63, 3.8) is 0 Å². The van der Waals surface area contributed by atoms with Crippen LogP contribution in [0.15, 0.2) is 0 Å². The summed E-state index contributed by atoms with van der Waals surface area (Å²) in [4.78, 5) is 37.7. The zero-order chi connectivity index (χ0) is 13.3. The lowest BCUT2D eigenvalue weighted by Crippen LogP contribution is -2.47. The standard InChI is InChI=1S/C12H19N3O3/c1-8(16)14-4-2-10(3-5-14)15-7-9(12(13)18)6-11(15)17/h9-10H,2-7H2,1H3,(H2,13,18). The summed E-state index contributed by atoms with van der Waals surface area (Å²) in [5.41, 5.74) is 5.24. The SMILES string of the molecule is CC(=O)N1CCC(N2CC(C(N)=O)CC2=O)CC1. The highest BCUT2D eigenvalue weighted by Crippen LogP contribution is 2.25. The molecule has 1 unspecified atom stereocenters. The molecule has 2 saturated heterocycles.